The molecule has 1 unspecified atom stereocenters. The minimum absolute atomic E-state index is 0.0127. The van der Waals surface area contributed by atoms with Crippen molar-refractivity contribution in [1.82, 2.24) is 0 Å². The second kappa shape index (κ2) is 17.7. The summed E-state index contributed by atoms with van der Waals surface area (Å²) in [5, 5.41) is 0. The van der Waals surface area contributed by atoms with E-state index >= 15 is 0 Å². The topological polar surface area (TPSA) is 27.7 Å². The molecule has 0 saturated carbocycles. The average Bonchev–Trinajstić information content (AvgIpc) is 3.40. The van der Waals surface area contributed by atoms with Crippen LogP contribution in [0.2, 0.25) is 0 Å². The van der Waals surface area contributed by atoms with Crippen molar-refractivity contribution >= 4 is 0 Å². The summed E-state index contributed by atoms with van der Waals surface area (Å²) >= 11 is 0. The van der Waals surface area contributed by atoms with Crippen LogP contribution in [0.3, 0.4) is 0 Å². The highest BCUT2D eigenvalue weighted by Crippen LogP contribution is 2.30. The van der Waals surface area contributed by atoms with Gasteiger partial charge in [0, 0.05) is 5.56 Å². The largest absolute Gasteiger partial charge is 0.371 e. The Morgan fingerprint density at radius 1 is 0.714 bits per heavy atom. The van der Waals surface area contributed by atoms with Gasteiger partial charge in [0.25, 0.3) is 0 Å². The Morgan fingerprint density at radius 2 is 1.26 bits per heavy atom. The van der Waals surface area contributed by atoms with E-state index in [1.54, 1.807) is 0 Å². The van der Waals surface area contributed by atoms with E-state index in [0.29, 0.717) is 13.2 Å². The molecule has 1 aliphatic heterocycles. The third-order valence-electron chi connectivity index (χ3n) is 7.10. The predicted octanol–water partition coefficient (Wildman–Crippen LogP) is 9.17. The molecule has 1 heterocycles. The second-order valence-corrected chi connectivity index (χ2v) is 10.1. The highest BCUT2D eigenvalue weighted by Gasteiger charge is 2.33. The van der Waals surface area contributed by atoms with Gasteiger partial charge in [0.1, 0.15) is 6.10 Å². The molecular formula is C32H48O3. The summed E-state index contributed by atoms with van der Waals surface area (Å²) in [5.41, 5.74) is 2.29. The molecular weight excluding hydrogens is 432 g/mol. The number of rotatable bonds is 19. The Labute approximate surface area is 214 Å². The molecule has 2 aromatic rings. The standard InChI is InChI=1S/C32H48O3/c1-2-3-4-5-6-7-8-9-10-11-12-13-20-25-30(33-26-28-21-16-14-17-22-28)31-27-34-32(35-31)29-23-18-15-19-24-29/h14-19,21-24,30-32H,2-13,20,25-27H2,1H3/t30-,31-,32?/m1/s1. The third kappa shape index (κ3) is 11.3. The molecule has 35 heavy (non-hydrogen) atoms. The second-order valence-electron chi connectivity index (χ2n) is 10.1. The Balaban J connectivity index is 1.32. The summed E-state index contributed by atoms with van der Waals surface area (Å²) < 4.78 is 18.7. The highest BCUT2D eigenvalue weighted by molar-refractivity contribution is 5.16. The van der Waals surface area contributed by atoms with Crippen LogP contribution in [0, 0.1) is 0 Å². The zero-order valence-electron chi connectivity index (χ0n) is 22.0. The van der Waals surface area contributed by atoms with Crippen LogP contribution >= 0.6 is 0 Å². The molecule has 0 aromatic heterocycles. The molecule has 3 rings (SSSR count). The van der Waals surface area contributed by atoms with Gasteiger partial charge in [0.2, 0.25) is 0 Å². The first-order valence-corrected chi connectivity index (χ1v) is 14.3. The lowest BCUT2D eigenvalue weighted by Crippen LogP contribution is -2.31. The van der Waals surface area contributed by atoms with Crippen LogP contribution in [0.5, 0.6) is 0 Å². The monoisotopic (exact) mass is 480 g/mol. The third-order valence-corrected chi connectivity index (χ3v) is 7.10. The Bertz CT molecular complexity index is 748. The van der Waals surface area contributed by atoms with E-state index in [2.05, 4.69) is 43.3 Å². The van der Waals surface area contributed by atoms with Crippen molar-refractivity contribution < 1.29 is 14.2 Å². The van der Waals surface area contributed by atoms with Crippen LogP contribution in [0.1, 0.15) is 114 Å². The number of hydrogen-bond acceptors (Lipinski definition) is 3. The molecule has 0 N–H and O–H groups in total. The van der Waals surface area contributed by atoms with E-state index in [1.165, 1.54) is 89.0 Å². The maximum Gasteiger partial charge on any atom is 0.184 e. The molecule has 1 aliphatic rings. The summed E-state index contributed by atoms with van der Waals surface area (Å²) in [6.45, 7) is 3.51. The summed E-state index contributed by atoms with van der Waals surface area (Å²) in [7, 11) is 0. The summed E-state index contributed by atoms with van der Waals surface area (Å²) in [6, 6.07) is 20.7. The van der Waals surface area contributed by atoms with Crippen molar-refractivity contribution in [3.05, 3.63) is 71.8 Å². The maximum absolute atomic E-state index is 6.40. The van der Waals surface area contributed by atoms with Gasteiger partial charge in [-0.1, -0.05) is 151 Å². The van der Waals surface area contributed by atoms with Gasteiger partial charge < -0.3 is 14.2 Å². The van der Waals surface area contributed by atoms with Crippen LogP contribution in [0.15, 0.2) is 60.7 Å². The molecule has 3 nitrogen and oxygen atoms in total. The fourth-order valence-corrected chi connectivity index (χ4v) is 4.92. The summed E-state index contributed by atoms with van der Waals surface area (Å²) in [6.07, 6.45) is 18.6. The van der Waals surface area contributed by atoms with Gasteiger partial charge in [-0.3, -0.25) is 0 Å². The molecule has 0 radical (unpaired) electrons. The zero-order valence-corrected chi connectivity index (χ0v) is 22.0. The normalized spacial score (nSPS) is 18.7. The van der Waals surface area contributed by atoms with Gasteiger partial charge in [0.15, 0.2) is 6.29 Å². The van der Waals surface area contributed by atoms with E-state index in [9.17, 15) is 0 Å². The van der Waals surface area contributed by atoms with Crippen molar-refractivity contribution in [2.45, 2.75) is 122 Å². The lowest BCUT2D eigenvalue weighted by atomic mass is 10.0. The Hall–Kier alpha value is -1.68. The highest BCUT2D eigenvalue weighted by atomic mass is 16.7. The molecule has 2 aromatic carbocycles. The van der Waals surface area contributed by atoms with Crippen molar-refractivity contribution in [1.29, 1.82) is 0 Å². The fraction of sp³-hybridized carbons (Fsp3) is 0.625. The van der Waals surface area contributed by atoms with Crippen LogP contribution in [0.25, 0.3) is 0 Å². The summed E-state index contributed by atoms with van der Waals surface area (Å²) in [5.74, 6) is 0. The van der Waals surface area contributed by atoms with Crippen molar-refractivity contribution in [2.75, 3.05) is 6.61 Å². The fourth-order valence-electron chi connectivity index (χ4n) is 4.92. The molecule has 0 aliphatic carbocycles. The maximum atomic E-state index is 6.40. The van der Waals surface area contributed by atoms with E-state index in [1.807, 2.05) is 24.3 Å². The Kier molecular flexibility index (Phi) is 14.1. The van der Waals surface area contributed by atoms with Gasteiger partial charge in [-0.25, -0.2) is 0 Å². The lowest BCUT2D eigenvalue weighted by molar-refractivity contribution is -0.103. The van der Waals surface area contributed by atoms with Crippen molar-refractivity contribution in [3.8, 4) is 0 Å². The molecule has 0 amide bonds. The first-order valence-electron chi connectivity index (χ1n) is 14.3. The number of benzene rings is 2. The lowest BCUT2D eigenvalue weighted by Gasteiger charge is -2.23. The van der Waals surface area contributed by atoms with Gasteiger partial charge in [0.05, 0.1) is 19.3 Å². The van der Waals surface area contributed by atoms with Crippen LogP contribution in [0.4, 0.5) is 0 Å². The van der Waals surface area contributed by atoms with Gasteiger partial charge in [-0.05, 0) is 12.0 Å². The SMILES string of the molecule is CCCCCCCCCCCCCCC[C@@H](OCc1ccccc1)[C@H]1COC(c2ccccc2)O1. The number of hydrogen-bond donors (Lipinski definition) is 0. The molecule has 194 valence electrons. The van der Waals surface area contributed by atoms with Crippen LogP contribution in [-0.2, 0) is 20.8 Å². The molecule has 1 saturated heterocycles. The van der Waals surface area contributed by atoms with Crippen molar-refractivity contribution in [2.24, 2.45) is 0 Å². The van der Waals surface area contributed by atoms with E-state index in [4.69, 9.17) is 14.2 Å². The Morgan fingerprint density at radius 3 is 1.86 bits per heavy atom. The average molecular weight is 481 g/mol. The number of ether oxygens (including phenoxy) is 3. The van der Waals surface area contributed by atoms with Gasteiger partial charge in [-0.15, -0.1) is 0 Å². The molecule has 1 fully saturated rings. The van der Waals surface area contributed by atoms with E-state index in [-0.39, 0.29) is 18.5 Å². The van der Waals surface area contributed by atoms with Crippen LogP contribution in [-0.4, -0.2) is 18.8 Å². The zero-order chi connectivity index (χ0) is 24.4. The molecule has 3 heteroatoms. The minimum atomic E-state index is -0.282. The van der Waals surface area contributed by atoms with E-state index < -0.39 is 0 Å². The van der Waals surface area contributed by atoms with Gasteiger partial charge >= 0.3 is 0 Å². The smallest absolute Gasteiger partial charge is 0.184 e. The molecule has 0 spiro atoms. The predicted molar refractivity (Wildman–Crippen MR) is 145 cm³/mol. The molecule has 0 bridgehead atoms. The minimum Gasteiger partial charge on any atom is -0.371 e. The van der Waals surface area contributed by atoms with Crippen molar-refractivity contribution in [3.63, 3.8) is 0 Å². The number of unbranched alkanes of at least 4 members (excludes halogenated alkanes) is 12. The first kappa shape index (κ1) is 27.9. The van der Waals surface area contributed by atoms with Gasteiger partial charge in [-0.2, -0.15) is 0 Å². The molecule has 3 atom stereocenters. The summed E-state index contributed by atoms with van der Waals surface area (Å²) in [4.78, 5) is 0. The van der Waals surface area contributed by atoms with E-state index in [0.717, 1.165) is 12.0 Å². The van der Waals surface area contributed by atoms with Crippen LogP contribution < -0.4 is 0 Å². The quantitative estimate of drug-likeness (QED) is 0.188. The first-order chi connectivity index (χ1) is 17.4.